The second-order valence-electron chi connectivity index (χ2n) is 26.8. The minimum Gasteiger partial charge on any atom is -0.482 e. The summed E-state index contributed by atoms with van der Waals surface area (Å²) in [7, 11) is 1.52. The van der Waals surface area contributed by atoms with Crippen LogP contribution in [0, 0.1) is 35.5 Å². The molecule has 0 saturated heterocycles. The van der Waals surface area contributed by atoms with Crippen molar-refractivity contribution in [3.63, 3.8) is 0 Å². The van der Waals surface area contributed by atoms with E-state index in [1.54, 1.807) is 13.0 Å². The Kier molecular flexibility index (Phi) is 14.8. The number of aryl methyl sites for hydroxylation is 1. The van der Waals surface area contributed by atoms with Crippen LogP contribution in [0.1, 0.15) is 174 Å². The van der Waals surface area contributed by atoms with Crippen molar-refractivity contribution in [3.05, 3.63) is 222 Å². The summed E-state index contributed by atoms with van der Waals surface area (Å²) in [5.41, 5.74) is 10.6. The van der Waals surface area contributed by atoms with Gasteiger partial charge in [0, 0.05) is 65.7 Å². The number of hydrogen-bond donors (Lipinski definition) is 3. The highest BCUT2D eigenvalue weighted by Crippen LogP contribution is 2.65. The quantitative estimate of drug-likeness (QED) is 0.0576. The maximum atomic E-state index is 16.0. The third-order valence-corrected chi connectivity index (χ3v) is 22.7. The SMILES string of the molecule is COC[C@@H](CCO)c1c(CO)c2ccc3c(c2oc1=O)[C@H]1OC(=O)C[C@H]2C[C@H](c4cccc5c4C=C[C@H]4CCC[C@H]6C=Cc7ccccc7[C@]564)C=C[C@H]2c2ccc(cc2)CC/C(=C(\C)CO)C(=O)O[C@@H]1[C@@]1(CCC[C@@H]2[C@H]4C=Cc5ccccc5[C@@H]4C[C@@H]21)O3. The minimum atomic E-state index is -1.36. The Hall–Kier alpha value is -7.41. The van der Waals surface area contributed by atoms with E-state index in [1.165, 1.54) is 52.5 Å². The maximum absolute atomic E-state index is 16.0. The van der Waals surface area contributed by atoms with E-state index in [4.69, 9.17) is 23.4 Å². The van der Waals surface area contributed by atoms with Crippen LogP contribution in [0.2, 0.25) is 0 Å². The summed E-state index contributed by atoms with van der Waals surface area (Å²) in [5.74, 6) is -0.829. The molecule has 0 unspecified atom stereocenters. The smallest absolute Gasteiger partial charge is 0.340 e. The van der Waals surface area contributed by atoms with E-state index in [0.29, 0.717) is 58.9 Å². The molecule has 3 fully saturated rings. The third kappa shape index (κ3) is 9.05. The zero-order valence-corrected chi connectivity index (χ0v) is 50.3. The van der Waals surface area contributed by atoms with Crippen LogP contribution < -0.4 is 10.4 Å². The highest BCUT2D eigenvalue weighted by molar-refractivity contribution is 5.91. The standard InChI is InChI=1S/C77H78O11/c1-44(41-79)54-29-21-45-19-22-47(23-20-45)55-30-26-49(57-15-8-18-65-60(57)32-28-53-13-7-12-52-27-24-48-11-4-6-17-64(48)77(52,53)65)38-51(55)39-68(81)85-72-70-67(34-33-61-63(42-80)69(75(83)86-71(61)70)50(35-37-78)43-84-2)88-76(73(72)87-74(54)82)36-9-16-59-58-31-25-46-10-3-5-14-56(46)62(58)40-66(59)76/h3-6,8,10-11,14-15,17-20,22-28,30-34,49-53,55,58-59,62,66,72-73,78-80H,7,9,12-13,16,21,29,35-43H2,1-2H3/b54-44-/t49-,50-,51-,52+,53-,55+,58-,59-,62+,66+,72-,73+,76+,77+/m1/s1. The van der Waals surface area contributed by atoms with Crippen LogP contribution in [0.25, 0.3) is 29.2 Å². The van der Waals surface area contributed by atoms with E-state index in [2.05, 4.69) is 140 Å². The fourth-order valence-corrected chi connectivity index (χ4v) is 18.9. The van der Waals surface area contributed by atoms with Crippen molar-refractivity contribution in [2.24, 2.45) is 35.5 Å². The molecule has 3 saturated carbocycles. The number of methoxy groups -OCH3 is 1. The van der Waals surface area contributed by atoms with Gasteiger partial charge in [0.25, 0.3) is 0 Å². The van der Waals surface area contributed by atoms with Gasteiger partial charge in [0.15, 0.2) is 17.8 Å². The van der Waals surface area contributed by atoms with Gasteiger partial charge in [0.1, 0.15) is 11.3 Å². The zero-order chi connectivity index (χ0) is 60.0. The molecule has 88 heavy (non-hydrogen) atoms. The van der Waals surface area contributed by atoms with Crippen molar-refractivity contribution in [2.75, 3.05) is 26.9 Å². The van der Waals surface area contributed by atoms with Crippen molar-refractivity contribution in [1.82, 2.24) is 0 Å². The lowest BCUT2D eigenvalue weighted by molar-refractivity contribution is -0.212. The first-order chi connectivity index (χ1) is 43.1. The number of hydrogen-bond acceptors (Lipinski definition) is 11. The van der Waals surface area contributed by atoms with Gasteiger partial charge in [-0.3, -0.25) is 4.79 Å². The fourth-order valence-electron chi connectivity index (χ4n) is 18.9. The second-order valence-corrected chi connectivity index (χ2v) is 26.8. The predicted octanol–water partition coefficient (Wildman–Crippen LogP) is 13.8. The molecule has 2 bridgehead atoms. The third-order valence-electron chi connectivity index (χ3n) is 22.7. The zero-order valence-electron chi connectivity index (χ0n) is 50.3. The summed E-state index contributed by atoms with van der Waals surface area (Å²) in [6.07, 6.45) is 24.3. The topological polar surface area (TPSA) is 162 Å². The van der Waals surface area contributed by atoms with Gasteiger partial charge < -0.3 is 38.7 Å². The first kappa shape index (κ1) is 57.1. The molecule has 0 radical (unpaired) electrons. The largest absolute Gasteiger partial charge is 0.482 e. The number of carbonyl (C=O) groups excluding carboxylic acids is 2. The van der Waals surface area contributed by atoms with Crippen molar-refractivity contribution < 1.29 is 48.3 Å². The van der Waals surface area contributed by atoms with E-state index in [9.17, 15) is 20.1 Å². The van der Waals surface area contributed by atoms with Crippen LogP contribution in [0.4, 0.5) is 0 Å². The normalized spacial score (nSPS) is 31.5. The highest BCUT2D eigenvalue weighted by Gasteiger charge is 2.65. The molecule has 1 aromatic heterocycles. The number of fused-ring (bicyclic) bond motifs is 19. The van der Waals surface area contributed by atoms with E-state index in [1.807, 2.05) is 6.07 Å². The van der Waals surface area contributed by atoms with Crippen LogP contribution in [0.3, 0.4) is 0 Å². The predicted molar refractivity (Wildman–Crippen MR) is 338 cm³/mol. The molecular formula is C77H78O11. The fraction of sp³-hybridized carbons (Fsp3) is 0.416. The minimum absolute atomic E-state index is 0.0118. The van der Waals surface area contributed by atoms with Crippen LogP contribution in [-0.4, -0.2) is 65.9 Å². The van der Waals surface area contributed by atoms with Gasteiger partial charge >= 0.3 is 17.6 Å². The van der Waals surface area contributed by atoms with Gasteiger partial charge in [-0.2, -0.15) is 0 Å². The molecule has 452 valence electrons. The first-order valence-electron chi connectivity index (χ1n) is 32.4. The number of ether oxygens (including phenoxy) is 4. The summed E-state index contributed by atoms with van der Waals surface area (Å²) < 4.78 is 34.2. The average Bonchev–Trinajstić information content (AvgIpc) is 0.986. The molecule has 10 aliphatic rings. The second kappa shape index (κ2) is 22.9. The Bertz CT molecular complexity index is 3970. The molecule has 4 heterocycles. The lowest BCUT2D eigenvalue weighted by Gasteiger charge is -2.54. The lowest BCUT2D eigenvalue weighted by atomic mass is 9.49. The Morgan fingerprint density at radius 1 is 0.750 bits per heavy atom. The number of benzene rings is 5. The average molecular weight is 1180 g/mol. The van der Waals surface area contributed by atoms with Crippen molar-refractivity contribution in [1.29, 1.82) is 0 Å². The molecule has 11 nitrogen and oxygen atoms in total. The van der Waals surface area contributed by atoms with Gasteiger partial charge in [0.05, 0.1) is 25.4 Å². The van der Waals surface area contributed by atoms with Gasteiger partial charge in [0.2, 0.25) is 0 Å². The van der Waals surface area contributed by atoms with Crippen molar-refractivity contribution >= 4 is 41.1 Å². The number of aliphatic hydroxyl groups excluding tert-OH is 3. The summed E-state index contributed by atoms with van der Waals surface area (Å²) in [6.45, 7) is 0.693. The Balaban J connectivity index is 0.886. The molecule has 6 aromatic rings. The first-order valence-corrected chi connectivity index (χ1v) is 32.4. The Morgan fingerprint density at radius 3 is 2.33 bits per heavy atom. The Labute approximate surface area is 514 Å². The van der Waals surface area contributed by atoms with Gasteiger partial charge in [-0.1, -0.05) is 146 Å². The molecule has 3 aliphatic heterocycles. The molecule has 5 aromatic carbocycles. The van der Waals surface area contributed by atoms with Gasteiger partial charge in [-0.15, -0.1) is 0 Å². The van der Waals surface area contributed by atoms with E-state index < -0.39 is 47.9 Å². The molecule has 16 rings (SSSR count). The summed E-state index contributed by atoms with van der Waals surface area (Å²) in [6, 6.07) is 36.6. The molecule has 2 spiro atoms. The number of carbonyl (C=O) groups is 2. The number of allylic oxidation sites excluding steroid dienone is 5. The molecular weight excluding hydrogens is 1100 g/mol. The van der Waals surface area contributed by atoms with Crippen molar-refractivity contribution in [2.45, 2.75) is 137 Å². The molecule has 11 heteroatoms. The summed E-state index contributed by atoms with van der Waals surface area (Å²) in [4.78, 5) is 46.5. The van der Waals surface area contributed by atoms with Gasteiger partial charge in [-0.25, -0.2) is 9.59 Å². The number of aliphatic hydroxyl groups is 3. The monoisotopic (exact) mass is 1180 g/mol. The van der Waals surface area contributed by atoms with Gasteiger partial charge in [-0.05, 0) is 180 Å². The molecule has 3 N–H and O–H groups in total. The van der Waals surface area contributed by atoms with Crippen LogP contribution >= 0.6 is 0 Å². The van der Waals surface area contributed by atoms with Crippen LogP contribution in [-0.2, 0) is 42.2 Å². The Morgan fingerprint density at radius 2 is 1.52 bits per heavy atom. The number of rotatable bonds is 8. The van der Waals surface area contributed by atoms with E-state index in [-0.39, 0.29) is 103 Å². The van der Waals surface area contributed by atoms with Crippen molar-refractivity contribution in [3.8, 4) is 5.75 Å². The van der Waals surface area contributed by atoms with E-state index in [0.717, 1.165) is 43.2 Å². The maximum Gasteiger partial charge on any atom is 0.340 e. The molecule has 14 atom stereocenters. The molecule has 7 aliphatic carbocycles. The van der Waals surface area contributed by atoms with Crippen LogP contribution in [0.15, 0.2) is 154 Å². The number of esters is 2. The lowest BCUT2D eigenvalue weighted by Crippen LogP contribution is -2.62. The van der Waals surface area contributed by atoms with Crippen LogP contribution in [0.5, 0.6) is 5.75 Å². The summed E-state index contributed by atoms with van der Waals surface area (Å²) >= 11 is 0. The highest BCUT2D eigenvalue weighted by atomic mass is 16.6. The molecule has 0 amide bonds. The van der Waals surface area contributed by atoms with E-state index >= 15 is 9.59 Å². The summed E-state index contributed by atoms with van der Waals surface area (Å²) in [5, 5.41) is 32.8.